The van der Waals surface area contributed by atoms with Gasteiger partial charge in [-0.3, -0.25) is 4.79 Å². The lowest BCUT2D eigenvalue weighted by Gasteiger charge is -2.38. The Balaban J connectivity index is 1.84. The summed E-state index contributed by atoms with van der Waals surface area (Å²) in [4.78, 5) is 16.7. The fraction of sp³-hybridized carbons (Fsp3) is 0.538. The summed E-state index contributed by atoms with van der Waals surface area (Å²) in [5.74, 6) is -0.0336. The molecule has 21 heavy (non-hydrogen) atoms. The first kappa shape index (κ1) is 16.1. The molecule has 1 aromatic rings. The summed E-state index contributed by atoms with van der Waals surface area (Å²) < 4.78 is 42.9. The van der Waals surface area contributed by atoms with E-state index in [1.165, 1.54) is 12.1 Å². The van der Waals surface area contributed by atoms with Gasteiger partial charge in [0.25, 0.3) is 0 Å². The third-order valence-electron chi connectivity index (χ3n) is 3.03. The lowest BCUT2D eigenvalue weighted by molar-refractivity contribution is -0.142. The number of rotatable bonds is 5. The molecular weight excluding hydrogens is 353 g/mol. The van der Waals surface area contributed by atoms with Crippen molar-refractivity contribution in [3.8, 4) is 5.88 Å². The van der Waals surface area contributed by atoms with Crippen LogP contribution >= 0.6 is 15.9 Å². The smallest absolute Gasteiger partial charge is 0.433 e. The standard InChI is InChI=1S/C13H14BrF3N2O2/c14-6-2-5-12(20)19-7-9(8-19)21-11-4-1-3-10(18-11)13(15,16)17/h1,3-4,9H,2,5-8H2. The van der Waals surface area contributed by atoms with Crippen molar-refractivity contribution in [2.75, 3.05) is 18.4 Å². The van der Waals surface area contributed by atoms with E-state index in [4.69, 9.17) is 4.74 Å². The maximum Gasteiger partial charge on any atom is 0.433 e. The molecule has 0 aliphatic carbocycles. The van der Waals surface area contributed by atoms with Crippen molar-refractivity contribution in [2.45, 2.75) is 25.1 Å². The van der Waals surface area contributed by atoms with Crippen LogP contribution in [-0.4, -0.2) is 40.3 Å². The van der Waals surface area contributed by atoms with Crippen LogP contribution in [0.4, 0.5) is 13.2 Å². The Morgan fingerprint density at radius 3 is 2.76 bits per heavy atom. The summed E-state index contributed by atoms with van der Waals surface area (Å²) in [6.07, 6.45) is -3.57. The summed E-state index contributed by atoms with van der Waals surface area (Å²) in [5.41, 5.74) is -0.982. The molecule has 8 heteroatoms. The number of amides is 1. The fourth-order valence-corrected chi connectivity index (χ4v) is 2.18. The average molecular weight is 367 g/mol. The minimum absolute atomic E-state index is 0.0336. The van der Waals surface area contributed by atoms with Gasteiger partial charge in [0.2, 0.25) is 11.8 Å². The van der Waals surface area contributed by atoms with Gasteiger partial charge in [-0.2, -0.15) is 13.2 Å². The summed E-state index contributed by atoms with van der Waals surface area (Å²) in [7, 11) is 0. The zero-order valence-electron chi connectivity index (χ0n) is 11.1. The Morgan fingerprint density at radius 2 is 2.14 bits per heavy atom. The Labute approximate surface area is 128 Å². The molecule has 2 heterocycles. The van der Waals surface area contributed by atoms with E-state index in [0.717, 1.165) is 17.8 Å². The molecule has 1 aliphatic heterocycles. The number of carbonyl (C=O) groups is 1. The number of aromatic nitrogens is 1. The van der Waals surface area contributed by atoms with Crippen molar-refractivity contribution in [1.82, 2.24) is 9.88 Å². The zero-order valence-corrected chi connectivity index (χ0v) is 12.7. The lowest BCUT2D eigenvalue weighted by atomic mass is 10.1. The highest BCUT2D eigenvalue weighted by atomic mass is 79.9. The highest BCUT2D eigenvalue weighted by Crippen LogP contribution is 2.29. The van der Waals surface area contributed by atoms with E-state index in [2.05, 4.69) is 20.9 Å². The number of carbonyl (C=O) groups excluding carboxylic acids is 1. The molecule has 1 saturated heterocycles. The molecule has 0 unspecified atom stereocenters. The summed E-state index contributed by atoms with van der Waals surface area (Å²) in [6, 6.07) is 3.52. The third-order valence-corrected chi connectivity index (χ3v) is 3.59. The summed E-state index contributed by atoms with van der Waals surface area (Å²) in [6.45, 7) is 0.776. The molecule has 0 atom stereocenters. The summed E-state index contributed by atoms with van der Waals surface area (Å²) in [5, 5.41) is 0.765. The fourth-order valence-electron chi connectivity index (χ4n) is 1.90. The molecule has 4 nitrogen and oxygen atoms in total. The van der Waals surface area contributed by atoms with Gasteiger partial charge in [0.05, 0.1) is 13.1 Å². The largest absolute Gasteiger partial charge is 0.471 e. The van der Waals surface area contributed by atoms with Crippen molar-refractivity contribution in [3.05, 3.63) is 23.9 Å². The maximum atomic E-state index is 12.5. The first-order chi connectivity index (χ1) is 9.90. The molecule has 1 fully saturated rings. The van der Waals surface area contributed by atoms with E-state index in [9.17, 15) is 18.0 Å². The second kappa shape index (κ2) is 6.64. The van der Waals surface area contributed by atoms with E-state index in [1.54, 1.807) is 4.90 Å². The monoisotopic (exact) mass is 366 g/mol. The van der Waals surface area contributed by atoms with Crippen LogP contribution in [0, 0.1) is 0 Å². The Bertz CT molecular complexity index is 504. The number of alkyl halides is 4. The predicted molar refractivity (Wildman–Crippen MR) is 73.3 cm³/mol. The third kappa shape index (κ3) is 4.33. The van der Waals surface area contributed by atoms with Crippen LogP contribution in [0.5, 0.6) is 5.88 Å². The first-order valence-electron chi connectivity index (χ1n) is 6.45. The van der Waals surface area contributed by atoms with Gasteiger partial charge in [-0.25, -0.2) is 4.98 Å². The van der Waals surface area contributed by atoms with Crippen molar-refractivity contribution in [3.63, 3.8) is 0 Å². The quantitative estimate of drug-likeness (QED) is 0.752. The molecular formula is C13H14BrF3N2O2. The predicted octanol–water partition coefficient (Wildman–Crippen LogP) is 2.87. The van der Waals surface area contributed by atoms with E-state index >= 15 is 0 Å². The topological polar surface area (TPSA) is 42.4 Å². The Hall–Kier alpha value is -1.31. The SMILES string of the molecule is O=C(CCCBr)N1CC(Oc2cccc(C(F)(F)F)n2)C1. The molecule has 0 N–H and O–H groups in total. The highest BCUT2D eigenvalue weighted by Gasteiger charge is 2.34. The number of ether oxygens (including phenoxy) is 1. The Morgan fingerprint density at radius 1 is 1.43 bits per heavy atom. The first-order valence-corrected chi connectivity index (χ1v) is 7.57. The number of nitrogens with zero attached hydrogens (tertiary/aromatic N) is 2. The maximum absolute atomic E-state index is 12.5. The van der Waals surface area contributed by atoms with E-state index in [1.807, 2.05) is 0 Å². The minimum Gasteiger partial charge on any atom is -0.471 e. The van der Waals surface area contributed by atoms with Crippen molar-refractivity contribution in [2.24, 2.45) is 0 Å². The average Bonchev–Trinajstić information content (AvgIpc) is 2.39. The second-order valence-corrected chi connectivity index (χ2v) is 5.48. The molecule has 1 aliphatic rings. The molecule has 0 aromatic carbocycles. The number of hydrogen-bond donors (Lipinski definition) is 0. The van der Waals surface area contributed by atoms with Crippen LogP contribution < -0.4 is 4.74 Å². The van der Waals surface area contributed by atoms with Gasteiger partial charge in [0.1, 0.15) is 11.8 Å². The van der Waals surface area contributed by atoms with Gasteiger partial charge in [-0.1, -0.05) is 22.0 Å². The molecule has 116 valence electrons. The van der Waals surface area contributed by atoms with E-state index in [-0.39, 0.29) is 17.9 Å². The van der Waals surface area contributed by atoms with Crippen molar-refractivity contribution >= 4 is 21.8 Å². The van der Waals surface area contributed by atoms with Gasteiger partial charge in [0, 0.05) is 17.8 Å². The van der Waals surface area contributed by atoms with Gasteiger partial charge >= 0.3 is 6.18 Å². The summed E-state index contributed by atoms with van der Waals surface area (Å²) >= 11 is 3.25. The van der Waals surface area contributed by atoms with Crippen LogP contribution in [0.1, 0.15) is 18.5 Å². The molecule has 1 amide bonds. The van der Waals surface area contributed by atoms with E-state index in [0.29, 0.717) is 19.5 Å². The molecule has 0 bridgehead atoms. The number of hydrogen-bond acceptors (Lipinski definition) is 3. The van der Waals surface area contributed by atoms with Crippen molar-refractivity contribution < 1.29 is 22.7 Å². The van der Waals surface area contributed by atoms with E-state index < -0.39 is 11.9 Å². The van der Waals surface area contributed by atoms with Crippen LogP contribution in [0.15, 0.2) is 18.2 Å². The van der Waals surface area contributed by atoms with Crippen LogP contribution in [0.25, 0.3) is 0 Å². The van der Waals surface area contributed by atoms with Crippen LogP contribution in [0.2, 0.25) is 0 Å². The molecule has 0 saturated carbocycles. The molecule has 0 spiro atoms. The molecule has 0 radical (unpaired) electrons. The normalized spacial score (nSPS) is 15.7. The zero-order chi connectivity index (χ0) is 15.5. The molecule has 2 rings (SSSR count). The molecule has 1 aromatic heterocycles. The number of pyridine rings is 1. The van der Waals surface area contributed by atoms with Gasteiger partial charge in [-0.15, -0.1) is 0 Å². The number of likely N-dealkylation sites (tertiary alicyclic amines) is 1. The van der Waals surface area contributed by atoms with Gasteiger partial charge in [0.15, 0.2) is 0 Å². The highest BCUT2D eigenvalue weighted by molar-refractivity contribution is 9.09. The Kier molecular flexibility index (Phi) is 5.08. The second-order valence-electron chi connectivity index (χ2n) is 4.69. The lowest BCUT2D eigenvalue weighted by Crippen LogP contribution is -2.56. The van der Waals surface area contributed by atoms with Crippen molar-refractivity contribution in [1.29, 1.82) is 0 Å². The van der Waals surface area contributed by atoms with Crippen LogP contribution in [-0.2, 0) is 11.0 Å². The number of halogens is 4. The van der Waals surface area contributed by atoms with Gasteiger partial charge < -0.3 is 9.64 Å². The minimum atomic E-state index is -4.49. The van der Waals surface area contributed by atoms with Crippen LogP contribution in [0.3, 0.4) is 0 Å². The van der Waals surface area contributed by atoms with Gasteiger partial charge in [-0.05, 0) is 12.5 Å².